The Kier molecular flexibility index (Phi) is 7.68. The van der Waals surface area contributed by atoms with E-state index in [9.17, 15) is 5.11 Å². The number of likely N-dealkylation sites (tertiary alicyclic amines) is 1. The molecule has 140 valence electrons. The van der Waals surface area contributed by atoms with Crippen LogP contribution in [0, 0.1) is 0 Å². The minimum absolute atomic E-state index is 0.210. The molecular weight excluding hydrogens is 320 g/mol. The molecule has 1 fully saturated rings. The first-order chi connectivity index (χ1) is 12.8. The molecule has 3 rings (SSSR count). The molecule has 1 saturated heterocycles. The van der Waals surface area contributed by atoms with Crippen LogP contribution in [0.1, 0.15) is 36.0 Å². The number of hydrogen-bond acceptors (Lipinski definition) is 3. The normalized spacial score (nSPS) is 15.5. The minimum atomic E-state index is 0.210. The summed E-state index contributed by atoms with van der Waals surface area (Å²) >= 11 is 0. The molecule has 1 aliphatic rings. The van der Waals surface area contributed by atoms with E-state index in [2.05, 4.69) is 64.4 Å². The third-order valence-corrected chi connectivity index (χ3v) is 5.26. The number of piperidine rings is 1. The van der Waals surface area contributed by atoms with Crippen LogP contribution in [0.15, 0.2) is 54.6 Å². The van der Waals surface area contributed by atoms with Gasteiger partial charge in [0.05, 0.1) is 6.61 Å². The Morgan fingerprint density at radius 2 is 1.46 bits per heavy atom. The van der Waals surface area contributed by atoms with Gasteiger partial charge in [-0.1, -0.05) is 61.0 Å². The molecule has 2 aromatic rings. The topological polar surface area (TPSA) is 26.7 Å². The van der Waals surface area contributed by atoms with E-state index in [4.69, 9.17) is 0 Å². The van der Waals surface area contributed by atoms with Crippen molar-refractivity contribution in [1.29, 1.82) is 0 Å². The first-order valence-corrected chi connectivity index (χ1v) is 10.0. The van der Waals surface area contributed by atoms with Gasteiger partial charge < -0.3 is 5.11 Å². The minimum Gasteiger partial charge on any atom is -0.395 e. The molecule has 0 unspecified atom stereocenters. The first-order valence-electron chi connectivity index (χ1n) is 10.0. The van der Waals surface area contributed by atoms with Crippen LogP contribution in [-0.4, -0.2) is 47.7 Å². The summed E-state index contributed by atoms with van der Waals surface area (Å²) in [7, 11) is 0. The molecule has 0 aliphatic carbocycles. The third-order valence-electron chi connectivity index (χ3n) is 5.26. The maximum Gasteiger partial charge on any atom is 0.0558 e. The van der Waals surface area contributed by atoms with Crippen molar-refractivity contribution in [3.8, 4) is 0 Å². The van der Waals surface area contributed by atoms with Crippen molar-refractivity contribution >= 4 is 0 Å². The van der Waals surface area contributed by atoms with Crippen molar-refractivity contribution < 1.29 is 5.11 Å². The van der Waals surface area contributed by atoms with Gasteiger partial charge in [0.2, 0.25) is 0 Å². The molecular formula is C23H32N2O. The van der Waals surface area contributed by atoms with Crippen LogP contribution in [0.25, 0.3) is 0 Å². The summed E-state index contributed by atoms with van der Waals surface area (Å²) in [6.45, 7) is 6.37. The van der Waals surface area contributed by atoms with Crippen LogP contribution >= 0.6 is 0 Å². The summed E-state index contributed by atoms with van der Waals surface area (Å²) in [5.74, 6) is 0. The standard InChI is InChI=1S/C23H32N2O/c26-18-17-25(16-13-21-7-3-1-4-8-21)20-23-11-9-22(10-12-23)19-24-14-5-2-6-15-24/h1,3-4,7-12,26H,2,5-6,13-20H2. The van der Waals surface area contributed by atoms with E-state index >= 15 is 0 Å². The lowest BCUT2D eigenvalue weighted by molar-refractivity contribution is 0.191. The van der Waals surface area contributed by atoms with Gasteiger partial charge in [0.1, 0.15) is 0 Å². The second-order valence-corrected chi connectivity index (χ2v) is 7.39. The second-order valence-electron chi connectivity index (χ2n) is 7.39. The lowest BCUT2D eigenvalue weighted by Crippen LogP contribution is -2.29. The zero-order valence-electron chi connectivity index (χ0n) is 15.8. The molecule has 0 saturated carbocycles. The Morgan fingerprint density at radius 3 is 2.15 bits per heavy atom. The summed E-state index contributed by atoms with van der Waals surface area (Å²) in [6.07, 6.45) is 5.10. The summed E-state index contributed by atoms with van der Waals surface area (Å²) < 4.78 is 0. The van der Waals surface area contributed by atoms with Gasteiger partial charge in [-0.25, -0.2) is 0 Å². The van der Waals surface area contributed by atoms with Gasteiger partial charge >= 0.3 is 0 Å². The van der Waals surface area contributed by atoms with Crippen molar-refractivity contribution in [2.45, 2.75) is 38.8 Å². The SMILES string of the molecule is OCCN(CCc1ccccc1)Cc1ccc(CN2CCCCC2)cc1. The molecule has 3 heteroatoms. The number of nitrogens with zero attached hydrogens (tertiary/aromatic N) is 2. The number of rotatable bonds is 9. The zero-order valence-corrected chi connectivity index (χ0v) is 15.8. The van der Waals surface area contributed by atoms with Crippen LogP contribution in [0.4, 0.5) is 0 Å². The van der Waals surface area contributed by atoms with Gasteiger partial charge in [-0.2, -0.15) is 0 Å². The van der Waals surface area contributed by atoms with Gasteiger partial charge in [-0.15, -0.1) is 0 Å². The smallest absolute Gasteiger partial charge is 0.0558 e. The van der Waals surface area contributed by atoms with Gasteiger partial charge in [0.15, 0.2) is 0 Å². The molecule has 2 aromatic carbocycles. The van der Waals surface area contributed by atoms with Crippen molar-refractivity contribution in [2.75, 3.05) is 32.8 Å². The average molecular weight is 353 g/mol. The monoisotopic (exact) mass is 352 g/mol. The van der Waals surface area contributed by atoms with E-state index in [0.29, 0.717) is 0 Å². The molecule has 26 heavy (non-hydrogen) atoms. The van der Waals surface area contributed by atoms with Crippen LogP contribution in [0.3, 0.4) is 0 Å². The fraction of sp³-hybridized carbons (Fsp3) is 0.478. The Balaban J connectivity index is 1.51. The largest absolute Gasteiger partial charge is 0.395 e. The fourth-order valence-corrected chi connectivity index (χ4v) is 3.73. The number of aliphatic hydroxyl groups is 1. The summed E-state index contributed by atoms with van der Waals surface area (Å²) in [6, 6.07) is 19.6. The third kappa shape index (κ3) is 6.24. The zero-order chi connectivity index (χ0) is 18.0. The van der Waals surface area contributed by atoms with Crippen molar-refractivity contribution in [3.05, 3.63) is 71.3 Å². The van der Waals surface area contributed by atoms with Crippen LogP contribution in [0.2, 0.25) is 0 Å². The molecule has 3 nitrogen and oxygen atoms in total. The van der Waals surface area contributed by atoms with E-state index in [1.807, 2.05) is 0 Å². The molecule has 0 bridgehead atoms. The van der Waals surface area contributed by atoms with Crippen molar-refractivity contribution in [2.24, 2.45) is 0 Å². The van der Waals surface area contributed by atoms with E-state index in [1.54, 1.807) is 0 Å². The number of aliphatic hydroxyl groups excluding tert-OH is 1. The summed E-state index contributed by atoms with van der Waals surface area (Å²) in [5.41, 5.74) is 4.09. The molecule has 1 heterocycles. The van der Waals surface area contributed by atoms with E-state index in [1.165, 1.54) is 49.0 Å². The first kappa shape index (κ1) is 19.1. The molecule has 0 radical (unpaired) electrons. The van der Waals surface area contributed by atoms with Crippen LogP contribution in [-0.2, 0) is 19.5 Å². The quantitative estimate of drug-likeness (QED) is 0.745. The highest BCUT2D eigenvalue weighted by Crippen LogP contribution is 2.14. The van der Waals surface area contributed by atoms with E-state index < -0.39 is 0 Å². The number of benzene rings is 2. The second kappa shape index (κ2) is 10.5. The van der Waals surface area contributed by atoms with Crippen molar-refractivity contribution in [1.82, 2.24) is 9.80 Å². The Bertz CT molecular complexity index is 620. The Labute approximate surface area is 158 Å². The van der Waals surface area contributed by atoms with Gasteiger partial charge in [0.25, 0.3) is 0 Å². The molecule has 0 aromatic heterocycles. The lowest BCUT2D eigenvalue weighted by atomic mass is 10.1. The van der Waals surface area contributed by atoms with Gasteiger partial charge in [-0.3, -0.25) is 9.80 Å². The highest BCUT2D eigenvalue weighted by Gasteiger charge is 2.11. The Morgan fingerprint density at radius 1 is 0.769 bits per heavy atom. The van der Waals surface area contributed by atoms with Gasteiger partial charge in [-0.05, 0) is 49.0 Å². The highest BCUT2D eigenvalue weighted by atomic mass is 16.3. The van der Waals surface area contributed by atoms with E-state index in [0.717, 1.165) is 32.6 Å². The molecule has 0 spiro atoms. The average Bonchev–Trinajstić information content (AvgIpc) is 2.69. The maximum absolute atomic E-state index is 9.39. The predicted molar refractivity (Wildman–Crippen MR) is 108 cm³/mol. The summed E-state index contributed by atoms with van der Waals surface area (Å²) in [4.78, 5) is 4.91. The van der Waals surface area contributed by atoms with Crippen LogP contribution in [0.5, 0.6) is 0 Å². The molecule has 0 amide bonds. The fourth-order valence-electron chi connectivity index (χ4n) is 3.73. The van der Waals surface area contributed by atoms with Crippen molar-refractivity contribution in [3.63, 3.8) is 0 Å². The Hall–Kier alpha value is -1.68. The molecule has 1 aliphatic heterocycles. The maximum atomic E-state index is 9.39. The molecule has 0 atom stereocenters. The van der Waals surface area contributed by atoms with Crippen LogP contribution < -0.4 is 0 Å². The van der Waals surface area contributed by atoms with E-state index in [-0.39, 0.29) is 6.61 Å². The predicted octanol–water partition coefficient (Wildman–Crippen LogP) is 3.71. The summed E-state index contributed by atoms with van der Waals surface area (Å²) in [5, 5.41) is 9.39. The highest BCUT2D eigenvalue weighted by molar-refractivity contribution is 5.22. The lowest BCUT2D eigenvalue weighted by Gasteiger charge is -2.26. The molecule has 1 N–H and O–H groups in total. The van der Waals surface area contributed by atoms with Gasteiger partial charge in [0, 0.05) is 26.2 Å². The number of hydrogen-bond donors (Lipinski definition) is 1.